The first-order valence-electron chi connectivity index (χ1n) is 15.3. The molecule has 244 valence electrons. The zero-order valence-corrected chi connectivity index (χ0v) is 26.7. The molecule has 2 aromatic rings. The van der Waals surface area contributed by atoms with Crippen LogP contribution in [0.15, 0.2) is 65.8 Å². The average molecular weight is 621 g/mol. The summed E-state index contributed by atoms with van der Waals surface area (Å²) in [6.45, 7) is 8.27. The van der Waals surface area contributed by atoms with E-state index in [0.29, 0.717) is 18.5 Å². The number of pyridine rings is 1. The molecule has 0 saturated carbocycles. The molecule has 8 N–H and O–H groups in total. The third kappa shape index (κ3) is 15.0. The van der Waals surface area contributed by atoms with Gasteiger partial charge in [0.25, 0.3) is 0 Å². The van der Waals surface area contributed by atoms with Crippen LogP contribution in [0.5, 0.6) is 0 Å². The monoisotopic (exact) mass is 620 g/mol. The van der Waals surface area contributed by atoms with Gasteiger partial charge in [-0.1, -0.05) is 64.1 Å². The summed E-state index contributed by atoms with van der Waals surface area (Å²) in [6.07, 6.45) is 5.81. The summed E-state index contributed by atoms with van der Waals surface area (Å²) in [4.78, 5) is 60.4. The standard InChI is InChI=1S/C33H48N8O4/c1-22(2)19-27(32(45)41-28(23(3)4)21-38-29(42)16-15-24-11-6-5-7-12-24)40-31(44)26(14-10-18-37-33(34)35)39-30(43)20-25-13-8-9-17-36-25/h5-9,11-13,15-17,22-23,26-28H,10,14,18-21H2,1-4H3,(H,38,42)(H,39,43)(H,40,44)(H,41,45)(H4,34,35,37)/t26-,27-,28+/m0/s1. The van der Waals surface area contributed by atoms with Gasteiger partial charge >= 0.3 is 0 Å². The van der Waals surface area contributed by atoms with E-state index in [4.69, 9.17) is 11.5 Å². The van der Waals surface area contributed by atoms with Gasteiger partial charge in [-0.3, -0.25) is 29.2 Å². The Kier molecular flexibility index (Phi) is 15.8. The van der Waals surface area contributed by atoms with Crippen molar-refractivity contribution in [1.82, 2.24) is 26.3 Å². The van der Waals surface area contributed by atoms with Crippen molar-refractivity contribution in [1.29, 1.82) is 0 Å². The predicted molar refractivity (Wildman–Crippen MR) is 176 cm³/mol. The number of hydrogen-bond acceptors (Lipinski definition) is 6. The molecule has 0 aliphatic carbocycles. The second kappa shape index (κ2) is 19.5. The maximum absolute atomic E-state index is 13.5. The molecular formula is C33H48N8O4. The number of benzene rings is 1. The SMILES string of the molecule is CC(C)C[C@H](NC(=O)[C@H](CCCN=C(N)N)NC(=O)Cc1ccccn1)C(=O)N[C@H](CNC(=O)C=Cc1ccccc1)C(C)C. The minimum atomic E-state index is -0.922. The Balaban J connectivity index is 2.08. The Bertz CT molecular complexity index is 1280. The number of nitrogens with two attached hydrogens (primary N) is 2. The molecule has 1 aromatic carbocycles. The minimum Gasteiger partial charge on any atom is -0.370 e. The summed E-state index contributed by atoms with van der Waals surface area (Å²) in [6, 6.07) is 12.6. The Morgan fingerprint density at radius 3 is 2.20 bits per heavy atom. The zero-order valence-electron chi connectivity index (χ0n) is 26.7. The Hall–Kier alpha value is -4.74. The maximum Gasteiger partial charge on any atom is 0.244 e. The molecule has 4 amide bonds. The minimum absolute atomic E-state index is 0.00285. The fourth-order valence-corrected chi connectivity index (χ4v) is 4.40. The van der Waals surface area contributed by atoms with Gasteiger partial charge in [-0.05, 0) is 54.9 Å². The van der Waals surface area contributed by atoms with E-state index >= 15 is 0 Å². The van der Waals surface area contributed by atoms with Gasteiger partial charge in [-0.2, -0.15) is 0 Å². The summed E-state index contributed by atoms with van der Waals surface area (Å²) >= 11 is 0. The molecule has 0 unspecified atom stereocenters. The Morgan fingerprint density at radius 2 is 1.58 bits per heavy atom. The van der Waals surface area contributed by atoms with Crippen molar-refractivity contribution in [3.8, 4) is 0 Å². The lowest BCUT2D eigenvalue weighted by molar-refractivity contribution is -0.132. The van der Waals surface area contributed by atoms with E-state index in [0.717, 1.165) is 5.56 Å². The predicted octanol–water partition coefficient (Wildman–Crippen LogP) is 1.66. The highest BCUT2D eigenvalue weighted by Gasteiger charge is 2.29. The van der Waals surface area contributed by atoms with Crippen LogP contribution in [0.25, 0.3) is 6.08 Å². The Morgan fingerprint density at radius 1 is 0.889 bits per heavy atom. The lowest BCUT2D eigenvalue weighted by Crippen LogP contribution is -2.57. The first kappa shape index (κ1) is 36.5. The molecular weight excluding hydrogens is 572 g/mol. The topological polar surface area (TPSA) is 194 Å². The number of nitrogens with zero attached hydrogens (tertiary/aromatic N) is 2. The molecule has 0 aliphatic rings. The number of aliphatic imine (C=N–C) groups is 1. The van der Waals surface area contributed by atoms with Crippen LogP contribution in [0, 0.1) is 11.8 Å². The van der Waals surface area contributed by atoms with Crippen molar-refractivity contribution >= 4 is 35.7 Å². The molecule has 0 saturated heterocycles. The summed E-state index contributed by atoms with van der Waals surface area (Å²) in [5.74, 6) is -1.50. The van der Waals surface area contributed by atoms with Crippen LogP contribution in [0.1, 0.15) is 58.2 Å². The fraction of sp³-hybridized carbons (Fsp3) is 0.455. The number of guanidine groups is 1. The molecule has 0 spiro atoms. The number of rotatable bonds is 18. The highest BCUT2D eigenvalue weighted by Crippen LogP contribution is 2.10. The third-order valence-corrected chi connectivity index (χ3v) is 6.86. The fourth-order valence-electron chi connectivity index (χ4n) is 4.40. The largest absolute Gasteiger partial charge is 0.370 e. The van der Waals surface area contributed by atoms with Crippen LogP contribution in [0.3, 0.4) is 0 Å². The van der Waals surface area contributed by atoms with Gasteiger partial charge in [0, 0.05) is 37.1 Å². The smallest absolute Gasteiger partial charge is 0.244 e. The number of hydrogen-bond donors (Lipinski definition) is 6. The van der Waals surface area contributed by atoms with Crippen LogP contribution >= 0.6 is 0 Å². The molecule has 0 aliphatic heterocycles. The molecule has 3 atom stereocenters. The molecule has 0 radical (unpaired) electrons. The van der Waals surface area contributed by atoms with Crippen LogP contribution in [0.2, 0.25) is 0 Å². The normalized spacial score (nSPS) is 13.1. The third-order valence-electron chi connectivity index (χ3n) is 6.86. The van der Waals surface area contributed by atoms with Crippen molar-refractivity contribution in [2.45, 2.75) is 71.5 Å². The van der Waals surface area contributed by atoms with Crippen LogP contribution in [-0.4, -0.2) is 65.8 Å². The van der Waals surface area contributed by atoms with Gasteiger partial charge < -0.3 is 32.7 Å². The lowest BCUT2D eigenvalue weighted by Gasteiger charge is -2.28. The summed E-state index contributed by atoms with van der Waals surface area (Å²) in [7, 11) is 0. The molecule has 0 fully saturated rings. The van der Waals surface area contributed by atoms with Crippen molar-refractivity contribution < 1.29 is 19.2 Å². The van der Waals surface area contributed by atoms with Gasteiger partial charge in [0.05, 0.1) is 6.42 Å². The molecule has 45 heavy (non-hydrogen) atoms. The van der Waals surface area contributed by atoms with E-state index in [1.165, 1.54) is 6.08 Å². The summed E-state index contributed by atoms with van der Waals surface area (Å²) in [5, 5.41) is 11.5. The van der Waals surface area contributed by atoms with E-state index in [1.54, 1.807) is 30.5 Å². The van der Waals surface area contributed by atoms with Crippen LogP contribution in [-0.2, 0) is 25.6 Å². The van der Waals surface area contributed by atoms with Gasteiger partial charge in [0.1, 0.15) is 12.1 Å². The highest BCUT2D eigenvalue weighted by molar-refractivity contribution is 5.93. The van der Waals surface area contributed by atoms with Crippen LogP contribution < -0.4 is 32.7 Å². The summed E-state index contributed by atoms with van der Waals surface area (Å²) < 4.78 is 0. The van der Waals surface area contributed by atoms with E-state index in [9.17, 15) is 19.2 Å². The molecule has 1 aromatic heterocycles. The van der Waals surface area contributed by atoms with Crippen LogP contribution in [0.4, 0.5) is 0 Å². The van der Waals surface area contributed by atoms with E-state index in [2.05, 4.69) is 31.2 Å². The van der Waals surface area contributed by atoms with Gasteiger partial charge in [-0.15, -0.1) is 0 Å². The first-order valence-corrected chi connectivity index (χ1v) is 15.3. The molecule has 0 bridgehead atoms. The van der Waals surface area contributed by atoms with Gasteiger partial charge in [0.2, 0.25) is 23.6 Å². The van der Waals surface area contributed by atoms with Gasteiger partial charge in [0.15, 0.2) is 5.96 Å². The maximum atomic E-state index is 13.5. The molecule has 1 heterocycles. The molecule has 12 nitrogen and oxygen atoms in total. The first-order chi connectivity index (χ1) is 21.4. The second-order valence-electron chi connectivity index (χ2n) is 11.6. The number of amides is 4. The molecule has 12 heteroatoms. The number of aromatic nitrogens is 1. The Labute approximate surface area is 265 Å². The second-order valence-corrected chi connectivity index (χ2v) is 11.6. The van der Waals surface area contributed by atoms with E-state index in [1.807, 2.05) is 58.0 Å². The zero-order chi connectivity index (χ0) is 33.2. The number of nitrogens with one attached hydrogen (secondary N) is 4. The summed E-state index contributed by atoms with van der Waals surface area (Å²) in [5.41, 5.74) is 12.3. The number of carbonyl (C=O) groups is 4. The average Bonchev–Trinajstić information content (AvgIpc) is 2.99. The van der Waals surface area contributed by atoms with Crippen molar-refractivity contribution in [3.63, 3.8) is 0 Å². The molecule has 2 rings (SSSR count). The van der Waals surface area contributed by atoms with Gasteiger partial charge in [-0.25, -0.2) is 0 Å². The quantitative estimate of drug-likeness (QED) is 0.0631. The lowest BCUT2D eigenvalue weighted by atomic mass is 9.99. The van der Waals surface area contributed by atoms with E-state index in [-0.39, 0.29) is 67.5 Å². The van der Waals surface area contributed by atoms with Crippen molar-refractivity contribution in [3.05, 3.63) is 72.1 Å². The van der Waals surface area contributed by atoms with Crippen molar-refractivity contribution in [2.75, 3.05) is 13.1 Å². The highest BCUT2D eigenvalue weighted by atomic mass is 16.2. The van der Waals surface area contributed by atoms with E-state index < -0.39 is 18.0 Å². The van der Waals surface area contributed by atoms with Crippen molar-refractivity contribution in [2.24, 2.45) is 28.3 Å². The number of carbonyl (C=O) groups excluding carboxylic acids is 4.